The van der Waals surface area contributed by atoms with Crippen molar-refractivity contribution in [2.45, 2.75) is 6.36 Å². The highest BCUT2D eigenvalue weighted by atomic mass is 35.5. The first kappa shape index (κ1) is 10.8. The molecule has 0 aliphatic rings. The highest BCUT2D eigenvalue weighted by Gasteiger charge is 2.32. The first-order valence-electron chi connectivity index (χ1n) is 3.40. The molecule has 7 heteroatoms. The summed E-state index contributed by atoms with van der Waals surface area (Å²) in [4.78, 5) is 0. The molecule has 1 aromatic carbocycles. The Kier molecular flexibility index (Phi) is 2.66. The Morgan fingerprint density at radius 1 is 1.21 bits per heavy atom. The monoisotopic (exact) mass is 226 g/mol. The van der Waals surface area contributed by atoms with E-state index in [-0.39, 0.29) is 16.4 Å². The highest BCUT2D eigenvalue weighted by Crippen LogP contribution is 2.36. The van der Waals surface area contributed by atoms with Gasteiger partial charge in [0, 0.05) is 0 Å². The van der Waals surface area contributed by atoms with Gasteiger partial charge in [0.25, 0.3) is 0 Å². The van der Waals surface area contributed by atoms with E-state index in [1.54, 1.807) is 0 Å². The second-order valence-electron chi connectivity index (χ2n) is 2.43. The summed E-state index contributed by atoms with van der Waals surface area (Å²) < 4.78 is 39.0. The quantitative estimate of drug-likeness (QED) is 0.723. The Labute approximate surface area is 82.4 Å². The van der Waals surface area contributed by atoms with Crippen LogP contribution in [0.1, 0.15) is 0 Å². The summed E-state index contributed by atoms with van der Waals surface area (Å²) in [5.41, 5.74) is 10.3. The maximum absolute atomic E-state index is 11.8. The molecule has 0 unspecified atom stereocenters. The molecule has 0 atom stereocenters. The average molecular weight is 227 g/mol. The summed E-state index contributed by atoms with van der Waals surface area (Å²) in [5, 5.41) is -0.147. The number of alkyl halides is 3. The normalized spacial score (nSPS) is 11.4. The predicted molar refractivity (Wildman–Crippen MR) is 47.0 cm³/mol. The Morgan fingerprint density at radius 3 is 2.29 bits per heavy atom. The average Bonchev–Trinajstić information content (AvgIpc) is 2.04. The summed E-state index contributed by atoms with van der Waals surface area (Å²) in [6.07, 6.45) is -4.80. The van der Waals surface area contributed by atoms with Gasteiger partial charge in [-0.3, -0.25) is 0 Å². The topological polar surface area (TPSA) is 61.3 Å². The van der Waals surface area contributed by atoms with Crippen molar-refractivity contribution in [1.29, 1.82) is 0 Å². The van der Waals surface area contributed by atoms with E-state index in [9.17, 15) is 13.2 Å². The zero-order valence-corrected chi connectivity index (χ0v) is 7.49. The van der Waals surface area contributed by atoms with E-state index in [1.807, 2.05) is 0 Å². The van der Waals surface area contributed by atoms with Crippen LogP contribution in [0.4, 0.5) is 24.5 Å². The number of nitrogens with two attached hydrogens (primary N) is 2. The second-order valence-corrected chi connectivity index (χ2v) is 2.81. The molecule has 0 amide bonds. The van der Waals surface area contributed by atoms with Crippen LogP contribution in [0, 0.1) is 0 Å². The standard InChI is InChI=1S/C7H6ClF3N2O/c8-5-3(12)1-2-4(6(5)13)14-7(9,10)11/h1-2H,12-13H2. The van der Waals surface area contributed by atoms with E-state index >= 15 is 0 Å². The molecule has 1 aromatic rings. The Hall–Kier alpha value is -1.30. The summed E-state index contributed by atoms with van der Waals surface area (Å²) in [6.45, 7) is 0. The fourth-order valence-electron chi connectivity index (χ4n) is 0.806. The van der Waals surface area contributed by atoms with E-state index in [1.165, 1.54) is 6.07 Å². The molecule has 1 rings (SSSR count). The zero-order valence-electron chi connectivity index (χ0n) is 6.73. The number of hydrogen-bond acceptors (Lipinski definition) is 3. The number of halogens is 4. The molecule has 0 saturated carbocycles. The van der Waals surface area contributed by atoms with E-state index in [0.29, 0.717) is 0 Å². The molecule has 0 bridgehead atoms. The lowest BCUT2D eigenvalue weighted by molar-refractivity contribution is -0.274. The van der Waals surface area contributed by atoms with Gasteiger partial charge in [-0.1, -0.05) is 11.6 Å². The van der Waals surface area contributed by atoms with Crippen molar-refractivity contribution in [3.05, 3.63) is 17.2 Å². The van der Waals surface area contributed by atoms with Gasteiger partial charge in [-0.25, -0.2) is 0 Å². The van der Waals surface area contributed by atoms with Crippen LogP contribution in [-0.4, -0.2) is 6.36 Å². The molecule has 0 heterocycles. The van der Waals surface area contributed by atoms with Crippen LogP contribution in [0.3, 0.4) is 0 Å². The van der Waals surface area contributed by atoms with Crippen LogP contribution in [-0.2, 0) is 0 Å². The molecule has 4 N–H and O–H groups in total. The van der Waals surface area contributed by atoms with E-state index < -0.39 is 12.1 Å². The number of rotatable bonds is 1. The molecule has 0 aliphatic carbocycles. The predicted octanol–water partition coefficient (Wildman–Crippen LogP) is 2.40. The van der Waals surface area contributed by atoms with Crippen LogP contribution >= 0.6 is 11.6 Å². The van der Waals surface area contributed by atoms with Crippen molar-refractivity contribution in [3.8, 4) is 5.75 Å². The molecule has 0 saturated heterocycles. The van der Waals surface area contributed by atoms with Crippen molar-refractivity contribution >= 4 is 23.0 Å². The Bertz CT molecular complexity index is 354. The maximum atomic E-state index is 11.8. The molecule has 78 valence electrons. The van der Waals surface area contributed by atoms with E-state index in [0.717, 1.165) is 6.07 Å². The molecule has 14 heavy (non-hydrogen) atoms. The molecule has 0 fully saturated rings. The minimum atomic E-state index is -4.80. The van der Waals surface area contributed by atoms with Gasteiger partial charge in [0.05, 0.1) is 16.4 Å². The lowest BCUT2D eigenvalue weighted by atomic mass is 10.2. The lowest BCUT2D eigenvalue weighted by Crippen LogP contribution is -2.18. The van der Waals surface area contributed by atoms with Crippen LogP contribution < -0.4 is 16.2 Å². The number of anilines is 2. The number of ether oxygens (including phenoxy) is 1. The number of benzene rings is 1. The number of nitrogen functional groups attached to an aromatic ring is 2. The van der Waals surface area contributed by atoms with Gasteiger partial charge in [-0.15, -0.1) is 13.2 Å². The third kappa shape index (κ3) is 2.35. The molecule has 0 spiro atoms. The fourth-order valence-corrected chi connectivity index (χ4v) is 0.962. The van der Waals surface area contributed by atoms with Crippen LogP contribution in [0.5, 0.6) is 5.75 Å². The first-order valence-corrected chi connectivity index (χ1v) is 3.78. The van der Waals surface area contributed by atoms with E-state index in [4.69, 9.17) is 23.1 Å². The van der Waals surface area contributed by atoms with Gasteiger partial charge in [0.2, 0.25) is 0 Å². The van der Waals surface area contributed by atoms with Gasteiger partial charge in [0.15, 0.2) is 5.75 Å². The van der Waals surface area contributed by atoms with Crippen molar-refractivity contribution < 1.29 is 17.9 Å². The third-order valence-electron chi connectivity index (χ3n) is 1.40. The summed E-state index contributed by atoms with van der Waals surface area (Å²) in [7, 11) is 0. The lowest BCUT2D eigenvalue weighted by Gasteiger charge is -2.12. The second kappa shape index (κ2) is 3.45. The molecular formula is C7H6ClF3N2O. The summed E-state index contributed by atoms with van der Waals surface area (Å²) in [6, 6.07) is 2.18. The zero-order chi connectivity index (χ0) is 10.9. The minimum Gasteiger partial charge on any atom is -0.404 e. The van der Waals surface area contributed by atoms with Crippen LogP contribution in [0.2, 0.25) is 5.02 Å². The Balaban J connectivity index is 3.06. The van der Waals surface area contributed by atoms with Gasteiger partial charge < -0.3 is 16.2 Å². The van der Waals surface area contributed by atoms with Gasteiger partial charge in [-0.2, -0.15) is 0 Å². The SMILES string of the molecule is Nc1ccc(OC(F)(F)F)c(N)c1Cl. The smallest absolute Gasteiger partial charge is 0.404 e. The van der Waals surface area contributed by atoms with Gasteiger partial charge in [-0.05, 0) is 12.1 Å². The largest absolute Gasteiger partial charge is 0.573 e. The minimum absolute atomic E-state index is 0.0960. The van der Waals surface area contributed by atoms with Crippen molar-refractivity contribution in [1.82, 2.24) is 0 Å². The Morgan fingerprint density at radius 2 is 1.79 bits per heavy atom. The van der Waals surface area contributed by atoms with Crippen LogP contribution in [0.15, 0.2) is 12.1 Å². The highest BCUT2D eigenvalue weighted by molar-refractivity contribution is 6.35. The van der Waals surface area contributed by atoms with Crippen molar-refractivity contribution in [3.63, 3.8) is 0 Å². The van der Waals surface area contributed by atoms with Crippen molar-refractivity contribution in [2.75, 3.05) is 11.5 Å². The molecule has 0 radical (unpaired) electrons. The van der Waals surface area contributed by atoms with E-state index in [2.05, 4.69) is 4.74 Å². The van der Waals surface area contributed by atoms with Crippen LogP contribution in [0.25, 0.3) is 0 Å². The molecule has 3 nitrogen and oxygen atoms in total. The third-order valence-corrected chi connectivity index (χ3v) is 1.82. The van der Waals surface area contributed by atoms with Gasteiger partial charge >= 0.3 is 6.36 Å². The molecule has 0 aromatic heterocycles. The van der Waals surface area contributed by atoms with Gasteiger partial charge in [0.1, 0.15) is 0 Å². The summed E-state index contributed by atoms with van der Waals surface area (Å²) in [5.74, 6) is -0.559. The maximum Gasteiger partial charge on any atom is 0.573 e. The van der Waals surface area contributed by atoms with Crippen molar-refractivity contribution in [2.24, 2.45) is 0 Å². The number of hydrogen-bond donors (Lipinski definition) is 2. The molecule has 0 aliphatic heterocycles. The first-order chi connectivity index (χ1) is 6.31. The fraction of sp³-hybridized carbons (Fsp3) is 0.143. The molecular weight excluding hydrogens is 221 g/mol. The summed E-state index contributed by atoms with van der Waals surface area (Å²) >= 11 is 5.51.